The maximum absolute atomic E-state index is 12.0. The molecule has 0 atom stereocenters. The van der Waals surface area contributed by atoms with Gasteiger partial charge >= 0.3 is 0 Å². The zero-order valence-electron chi connectivity index (χ0n) is 14.2. The molecule has 0 unspecified atom stereocenters. The summed E-state index contributed by atoms with van der Waals surface area (Å²) in [4.78, 5) is 12.0. The number of para-hydroxylation sites is 1. The second-order valence-electron chi connectivity index (χ2n) is 5.59. The van der Waals surface area contributed by atoms with Crippen molar-refractivity contribution in [3.8, 4) is 16.9 Å². The highest BCUT2D eigenvalue weighted by Crippen LogP contribution is 2.29. The number of nitrogens with zero attached hydrogens (tertiary/aromatic N) is 1. The van der Waals surface area contributed by atoms with E-state index in [-0.39, 0.29) is 12.5 Å². The van der Waals surface area contributed by atoms with Crippen LogP contribution in [0.2, 0.25) is 10.0 Å². The Labute approximate surface area is 167 Å². The summed E-state index contributed by atoms with van der Waals surface area (Å²) < 4.78 is 5.67. The minimum Gasteiger partial charge on any atom is -0.483 e. The van der Waals surface area contributed by atoms with Gasteiger partial charge in [-0.25, -0.2) is 5.43 Å². The van der Waals surface area contributed by atoms with E-state index in [1.54, 1.807) is 18.2 Å². The van der Waals surface area contributed by atoms with Crippen LogP contribution in [0, 0.1) is 0 Å². The molecule has 0 saturated heterocycles. The van der Waals surface area contributed by atoms with Crippen LogP contribution in [-0.2, 0) is 4.79 Å². The Morgan fingerprint density at radius 1 is 0.963 bits per heavy atom. The van der Waals surface area contributed by atoms with Crippen LogP contribution in [0.1, 0.15) is 5.56 Å². The molecule has 0 aliphatic heterocycles. The van der Waals surface area contributed by atoms with Gasteiger partial charge in [-0.3, -0.25) is 4.79 Å². The fraction of sp³-hybridized carbons (Fsp3) is 0.0476. The van der Waals surface area contributed by atoms with Crippen molar-refractivity contribution in [1.29, 1.82) is 0 Å². The first-order chi connectivity index (χ1) is 13.1. The molecular weight excluding hydrogens is 383 g/mol. The summed E-state index contributed by atoms with van der Waals surface area (Å²) in [6.45, 7) is -0.162. The number of hydrazone groups is 1. The lowest BCUT2D eigenvalue weighted by atomic mass is 10.1. The highest BCUT2D eigenvalue weighted by atomic mass is 35.5. The highest BCUT2D eigenvalue weighted by Gasteiger charge is 2.08. The standard InChI is InChI=1S/C21H16Cl2N2O2/c22-18-11-6-9-16(21(18)23)13-24-25-20(26)14-27-19-12-5-4-10-17(19)15-7-2-1-3-8-15/h1-13H,14H2,(H,25,26)/b24-13+. The summed E-state index contributed by atoms with van der Waals surface area (Å²) in [7, 11) is 0. The quantitative estimate of drug-likeness (QED) is 0.458. The van der Waals surface area contributed by atoms with Crippen LogP contribution in [-0.4, -0.2) is 18.7 Å². The third-order valence-corrected chi connectivity index (χ3v) is 4.54. The van der Waals surface area contributed by atoms with Crippen molar-refractivity contribution in [2.24, 2.45) is 5.10 Å². The van der Waals surface area contributed by atoms with Gasteiger partial charge in [-0.1, -0.05) is 83.9 Å². The van der Waals surface area contributed by atoms with E-state index in [9.17, 15) is 4.79 Å². The number of ether oxygens (including phenoxy) is 1. The van der Waals surface area contributed by atoms with E-state index in [0.717, 1.165) is 11.1 Å². The average molecular weight is 399 g/mol. The van der Waals surface area contributed by atoms with Gasteiger partial charge in [-0.15, -0.1) is 0 Å². The average Bonchev–Trinajstić information content (AvgIpc) is 2.70. The van der Waals surface area contributed by atoms with Gasteiger partial charge in [0.15, 0.2) is 6.61 Å². The van der Waals surface area contributed by atoms with Crippen LogP contribution >= 0.6 is 23.2 Å². The van der Waals surface area contributed by atoms with Crippen LogP contribution in [0.3, 0.4) is 0 Å². The van der Waals surface area contributed by atoms with Crippen LogP contribution in [0.5, 0.6) is 5.75 Å². The molecule has 0 heterocycles. The van der Waals surface area contributed by atoms with Crippen LogP contribution < -0.4 is 10.2 Å². The zero-order valence-corrected chi connectivity index (χ0v) is 15.7. The predicted octanol–water partition coefficient (Wildman–Crippen LogP) is 5.19. The minimum absolute atomic E-state index is 0.162. The first-order valence-electron chi connectivity index (χ1n) is 8.18. The Balaban J connectivity index is 1.60. The van der Waals surface area contributed by atoms with Gasteiger partial charge in [0.05, 0.1) is 16.3 Å². The van der Waals surface area contributed by atoms with Crippen LogP contribution in [0.25, 0.3) is 11.1 Å². The van der Waals surface area contributed by atoms with E-state index < -0.39 is 0 Å². The molecule has 4 nitrogen and oxygen atoms in total. The number of carbonyl (C=O) groups is 1. The van der Waals surface area contributed by atoms with Gasteiger partial charge < -0.3 is 4.74 Å². The Bertz CT molecular complexity index is 959. The SMILES string of the molecule is O=C(COc1ccccc1-c1ccccc1)N/N=C/c1cccc(Cl)c1Cl. The number of hydrogen-bond donors (Lipinski definition) is 1. The van der Waals surface area contributed by atoms with Crippen molar-refractivity contribution < 1.29 is 9.53 Å². The van der Waals surface area contributed by atoms with Gasteiger partial charge in [0.2, 0.25) is 0 Å². The van der Waals surface area contributed by atoms with Gasteiger partial charge in [0.25, 0.3) is 5.91 Å². The van der Waals surface area contributed by atoms with Crippen LogP contribution in [0.4, 0.5) is 0 Å². The number of rotatable bonds is 6. The normalized spacial score (nSPS) is 10.7. The largest absolute Gasteiger partial charge is 0.483 e. The third kappa shape index (κ3) is 5.09. The highest BCUT2D eigenvalue weighted by molar-refractivity contribution is 6.43. The minimum atomic E-state index is -0.382. The molecule has 0 saturated carbocycles. The molecule has 6 heteroatoms. The molecule has 0 aliphatic rings. The van der Waals surface area contributed by atoms with Gasteiger partial charge in [0, 0.05) is 11.1 Å². The molecule has 3 aromatic rings. The monoisotopic (exact) mass is 398 g/mol. The summed E-state index contributed by atoms with van der Waals surface area (Å²) in [5.41, 5.74) is 4.95. The molecule has 0 aliphatic carbocycles. The molecule has 1 N–H and O–H groups in total. The molecule has 0 spiro atoms. The number of nitrogens with one attached hydrogen (secondary N) is 1. The summed E-state index contributed by atoms with van der Waals surface area (Å²) in [5.74, 6) is 0.244. The van der Waals surface area contributed by atoms with Crippen molar-refractivity contribution in [2.45, 2.75) is 0 Å². The lowest BCUT2D eigenvalue weighted by Crippen LogP contribution is -2.24. The number of benzene rings is 3. The van der Waals surface area contributed by atoms with E-state index in [1.165, 1.54) is 6.21 Å². The van der Waals surface area contributed by atoms with Gasteiger partial charge in [-0.05, 0) is 17.7 Å². The third-order valence-electron chi connectivity index (χ3n) is 3.70. The van der Waals surface area contributed by atoms with E-state index in [4.69, 9.17) is 27.9 Å². The fourth-order valence-corrected chi connectivity index (χ4v) is 2.77. The molecular formula is C21H16Cl2N2O2. The number of hydrogen-bond acceptors (Lipinski definition) is 3. The molecule has 3 aromatic carbocycles. The topological polar surface area (TPSA) is 50.7 Å². The molecule has 3 rings (SSSR count). The van der Waals surface area contributed by atoms with E-state index in [1.807, 2.05) is 54.6 Å². The molecule has 136 valence electrons. The Hall–Kier alpha value is -2.82. The Morgan fingerprint density at radius 2 is 1.70 bits per heavy atom. The second kappa shape index (κ2) is 9.21. The summed E-state index contributed by atoms with van der Waals surface area (Å²) >= 11 is 12.0. The Kier molecular flexibility index (Phi) is 6.47. The predicted molar refractivity (Wildman–Crippen MR) is 110 cm³/mol. The summed E-state index contributed by atoms with van der Waals surface area (Å²) in [5, 5.41) is 4.69. The molecule has 0 radical (unpaired) electrons. The fourth-order valence-electron chi connectivity index (χ4n) is 2.42. The first kappa shape index (κ1) is 19.0. The maximum atomic E-state index is 12.0. The molecule has 27 heavy (non-hydrogen) atoms. The number of amides is 1. The summed E-state index contributed by atoms with van der Waals surface area (Å²) in [6.07, 6.45) is 1.43. The number of carbonyl (C=O) groups excluding carboxylic acids is 1. The van der Waals surface area contributed by atoms with E-state index in [2.05, 4.69) is 10.5 Å². The molecule has 0 fully saturated rings. The maximum Gasteiger partial charge on any atom is 0.277 e. The first-order valence-corrected chi connectivity index (χ1v) is 8.94. The molecule has 0 aromatic heterocycles. The van der Waals surface area contributed by atoms with Crippen molar-refractivity contribution in [3.63, 3.8) is 0 Å². The zero-order chi connectivity index (χ0) is 19.1. The Morgan fingerprint density at radius 3 is 2.52 bits per heavy atom. The van der Waals surface area contributed by atoms with Gasteiger partial charge in [-0.2, -0.15) is 5.10 Å². The van der Waals surface area contributed by atoms with Crippen molar-refractivity contribution in [3.05, 3.63) is 88.4 Å². The van der Waals surface area contributed by atoms with Gasteiger partial charge in [0.1, 0.15) is 5.75 Å². The van der Waals surface area contributed by atoms with Crippen molar-refractivity contribution in [1.82, 2.24) is 5.43 Å². The lowest BCUT2D eigenvalue weighted by Gasteiger charge is -2.10. The van der Waals surface area contributed by atoms with E-state index >= 15 is 0 Å². The second-order valence-corrected chi connectivity index (χ2v) is 6.37. The molecule has 1 amide bonds. The lowest BCUT2D eigenvalue weighted by molar-refractivity contribution is -0.123. The van der Waals surface area contributed by atoms with Crippen molar-refractivity contribution >= 4 is 35.3 Å². The summed E-state index contributed by atoms with van der Waals surface area (Å²) in [6, 6.07) is 22.6. The van der Waals surface area contributed by atoms with Crippen LogP contribution in [0.15, 0.2) is 77.9 Å². The molecule has 0 bridgehead atoms. The van der Waals surface area contributed by atoms with Crippen molar-refractivity contribution in [2.75, 3.05) is 6.61 Å². The number of halogens is 2. The van der Waals surface area contributed by atoms with E-state index in [0.29, 0.717) is 21.4 Å². The smallest absolute Gasteiger partial charge is 0.277 e.